The SMILES string of the molecule is CCC(C)OC(=O)c1c(NC(=O)c2ccc(COc3cc(C)c(Cl)cc3C(C)C)o2)sc2c1CCCC2. The van der Waals surface area contributed by atoms with E-state index in [1.807, 2.05) is 32.9 Å². The number of benzene rings is 1. The fourth-order valence-electron chi connectivity index (χ4n) is 4.33. The summed E-state index contributed by atoms with van der Waals surface area (Å²) in [5.74, 6) is 0.873. The first-order valence-electron chi connectivity index (χ1n) is 12.9. The highest BCUT2D eigenvalue weighted by Crippen LogP contribution is 2.39. The van der Waals surface area contributed by atoms with E-state index in [9.17, 15) is 9.59 Å². The maximum atomic E-state index is 13.1. The van der Waals surface area contributed by atoms with Gasteiger partial charge in [0.25, 0.3) is 5.91 Å². The molecule has 1 N–H and O–H groups in total. The molecular formula is C29H34ClNO5S. The zero-order valence-electron chi connectivity index (χ0n) is 22.0. The van der Waals surface area contributed by atoms with Gasteiger partial charge in [-0.15, -0.1) is 11.3 Å². The number of nitrogens with one attached hydrogen (secondary N) is 1. The van der Waals surface area contributed by atoms with Crippen molar-refractivity contribution in [2.75, 3.05) is 5.32 Å². The van der Waals surface area contributed by atoms with Crippen LogP contribution in [-0.4, -0.2) is 18.0 Å². The van der Waals surface area contributed by atoms with Crippen molar-refractivity contribution in [3.8, 4) is 5.75 Å². The molecule has 1 atom stereocenters. The summed E-state index contributed by atoms with van der Waals surface area (Å²) in [4.78, 5) is 27.2. The Balaban J connectivity index is 1.49. The molecule has 8 heteroatoms. The number of fused-ring (bicyclic) bond motifs is 1. The molecule has 0 bridgehead atoms. The van der Waals surface area contributed by atoms with Gasteiger partial charge in [0.2, 0.25) is 0 Å². The first kappa shape index (κ1) is 27.3. The number of anilines is 1. The zero-order chi connectivity index (χ0) is 26.7. The second-order valence-corrected chi connectivity index (χ2v) is 11.4. The lowest BCUT2D eigenvalue weighted by molar-refractivity contribution is 0.0335. The smallest absolute Gasteiger partial charge is 0.341 e. The van der Waals surface area contributed by atoms with Crippen LogP contribution in [0.1, 0.15) is 101 Å². The van der Waals surface area contributed by atoms with Gasteiger partial charge >= 0.3 is 5.97 Å². The number of thiophene rings is 1. The summed E-state index contributed by atoms with van der Waals surface area (Å²) in [6, 6.07) is 7.20. The number of amides is 1. The summed E-state index contributed by atoms with van der Waals surface area (Å²) >= 11 is 7.76. The normalized spacial score (nSPS) is 13.8. The Hall–Kier alpha value is -2.77. The van der Waals surface area contributed by atoms with Crippen LogP contribution in [0.2, 0.25) is 5.02 Å². The van der Waals surface area contributed by atoms with E-state index in [2.05, 4.69) is 19.2 Å². The molecule has 6 nitrogen and oxygen atoms in total. The third kappa shape index (κ3) is 6.21. The molecule has 1 unspecified atom stereocenters. The first-order chi connectivity index (χ1) is 17.7. The van der Waals surface area contributed by atoms with Gasteiger partial charge in [0.1, 0.15) is 23.1 Å². The Morgan fingerprint density at radius 2 is 1.92 bits per heavy atom. The fourth-order valence-corrected chi connectivity index (χ4v) is 5.78. The van der Waals surface area contributed by atoms with Crippen molar-refractivity contribution in [3.05, 3.63) is 67.9 Å². The number of rotatable bonds is 9. The lowest BCUT2D eigenvalue weighted by Gasteiger charge is -2.15. The molecule has 0 aliphatic heterocycles. The minimum Gasteiger partial charge on any atom is -0.485 e. The lowest BCUT2D eigenvalue weighted by Crippen LogP contribution is -2.18. The van der Waals surface area contributed by atoms with Crippen LogP contribution in [0.15, 0.2) is 28.7 Å². The van der Waals surface area contributed by atoms with Crippen LogP contribution in [0.4, 0.5) is 5.00 Å². The largest absolute Gasteiger partial charge is 0.485 e. The molecule has 2 heterocycles. The molecule has 37 heavy (non-hydrogen) atoms. The van der Waals surface area contributed by atoms with Crippen LogP contribution >= 0.6 is 22.9 Å². The summed E-state index contributed by atoms with van der Waals surface area (Å²) in [7, 11) is 0. The summed E-state index contributed by atoms with van der Waals surface area (Å²) in [5.41, 5.74) is 3.44. The minimum absolute atomic E-state index is 0.155. The number of carbonyl (C=O) groups is 2. The summed E-state index contributed by atoms with van der Waals surface area (Å²) < 4.78 is 17.5. The minimum atomic E-state index is -0.410. The lowest BCUT2D eigenvalue weighted by atomic mass is 9.95. The maximum Gasteiger partial charge on any atom is 0.341 e. The predicted octanol–water partition coefficient (Wildman–Crippen LogP) is 8.09. The van der Waals surface area contributed by atoms with Gasteiger partial charge in [-0.25, -0.2) is 4.79 Å². The van der Waals surface area contributed by atoms with E-state index in [-0.39, 0.29) is 30.4 Å². The number of furan rings is 1. The van der Waals surface area contributed by atoms with Crippen LogP contribution in [0.5, 0.6) is 5.75 Å². The molecule has 4 rings (SSSR count). The molecule has 3 aromatic rings. The molecule has 0 saturated carbocycles. The van der Waals surface area contributed by atoms with E-state index in [4.69, 9.17) is 25.5 Å². The summed E-state index contributed by atoms with van der Waals surface area (Å²) in [6.07, 6.45) is 4.36. The average molecular weight is 544 g/mol. The van der Waals surface area contributed by atoms with Crippen molar-refractivity contribution in [3.63, 3.8) is 0 Å². The van der Waals surface area contributed by atoms with E-state index < -0.39 is 5.91 Å². The number of halogens is 1. The third-order valence-electron chi connectivity index (χ3n) is 6.65. The first-order valence-corrected chi connectivity index (χ1v) is 14.1. The van der Waals surface area contributed by atoms with Crippen molar-refractivity contribution < 1.29 is 23.5 Å². The summed E-state index contributed by atoms with van der Waals surface area (Å²) in [6.45, 7) is 10.1. The Morgan fingerprint density at radius 1 is 1.16 bits per heavy atom. The molecule has 0 saturated heterocycles. The molecule has 1 aromatic carbocycles. The fraction of sp³-hybridized carbons (Fsp3) is 0.448. The van der Waals surface area contributed by atoms with Gasteiger partial charge in [-0.2, -0.15) is 0 Å². The van der Waals surface area contributed by atoms with Gasteiger partial charge in [-0.05, 0) is 92.8 Å². The number of carbonyl (C=O) groups excluding carboxylic acids is 2. The van der Waals surface area contributed by atoms with Gasteiger partial charge < -0.3 is 19.2 Å². The number of hydrogen-bond donors (Lipinski definition) is 1. The van der Waals surface area contributed by atoms with E-state index >= 15 is 0 Å². The highest BCUT2D eigenvalue weighted by Gasteiger charge is 2.29. The predicted molar refractivity (Wildman–Crippen MR) is 147 cm³/mol. The quantitative estimate of drug-likeness (QED) is 0.276. The van der Waals surface area contributed by atoms with E-state index in [0.29, 0.717) is 21.3 Å². The molecule has 2 aromatic heterocycles. The van der Waals surface area contributed by atoms with Gasteiger partial charge in [-0.1, -0.05) is 32.4 Å². The molecule has 0 radical (unpaired) electrons. The highest BCUT2D eigenvalue weighted by atomic mass is 35.5. The second kappa shape index (κ2) is 11.7. The standard InChI is InChI=1S/C29H34ClNO5S/c1-6-18(5)35-29(33)26-20-9-7-8-10-25(20)37-28(26)31-27(32)23-12-11-19(36-23)15-34-24-13-17(4)22(30)14-21(24)16(2)3/h11-14,16,18H,6-10,15H2,1-5H3,(H,31,32). The van der Waals surface area contributed by atoms with Crippen molar-refractivity contribution >= 4 is 39.8 Å². The number of aryl methyl sites for hydroxylation is 2. The van der Waals surface area contributed by atoms with E-state index in [0.717, 1.165) is 59.4 Å². The van der Waals surface area contributed by atoms with Crippen LogP contribution in [-0.2, 0) is 24.2 Å². The second-order valence-electron chi connectivity index (χ2n) is 9.84. The van der Waals surface area contributed by atoms with Crippen LogP contribution < -0.4 is 10.1 Å². The van der Waals surface area contributed by atoms with Crippen LogP contribution in [0, 0.1) is 6.92 Å². The molecule has 1 aliphatic rings. The Morgan fingerprint density at radius 3 is 2.65 bits per heavy atom. The Labute approximate surface area is 227 Å². The van der Waals surface area contributed by atoms with Gasteiger partial charge in [0.15, 0.2) is 5.76 Å². The Kier molecular flexibility index (Phi) is 8.65. The molecule has 0 spiro atoms. The summed E-state index contributed by atoms with van der Waals surface area (Å²) in [5, 5.41) is 4.14. The van der Waals surface area contributed by atoms with Crippen LogP contribution in [0.3, 0.4) is 0 Å². The molecule has 198 valence electrons. The van der Waals surface area contributed by atoms with Gasteiger partial charge in [0.05, 0.1) is 11.7 Å². The molecule has 1 aliphatic carbocycles. The monoisotopic (exact) mass is 543 g/mol. The van der Waals surface area contributed by atoms with Gasteiger partial charge in [-0.3, -0.25) is 4.79 Å². The van der Waals surface area contributed by atoms with Crippen molar-refractivity contribution in [2.24, 2.45) is 0 Å². The highest BCUT2D eigenvalue weighted by molar-refractivity contribution is 7.17. The van der Waals surface area contributed by atoms with Crippen molar-refractivity contribution in [1.82, 2.24) is 0 Å². The number of hydrogen-bond acceptors (Lipinski definition) is 6. The van der Waals surface area contributed by atoms with Crippen LogP contribution in [0.25, 0.3) is 0 Å². The third-order valence-corrected chi connectivity index (χ3v) is 8.27. The van der Waals surface area contributed by atoms with E-state index in [1.165, 1.54) is 11.3 Å². The average Bonchev–Trinajstić information content (AvgIpc) is 3.48. The number of esters is 1. The topological polar surface area (TPSA) is 77.8 Å². The van der Waals surface area contributed by atoms with Gasteiger partial charge in [0, 0.05) is 9.90 Å². The molecule has 0 fully saturated rings. The van der Waals surface area contributed by atoms with E-state index in [1.54, 1.807) is 12.1 Å². The molecular weight excluding hydrogens is 510 g/mol. The molecule has 1 amide bonds. The maximum absolute atomic E-state index is 13.1. The Bertz CT molecular complexity index is 1290. The number of ether oxygens (including phenoxy) is 2. The van der Waals surface area contributed by atoms with Crippen molar-refractivity contribution in [1.29, 1.82) is 0 Å². The zero-order valence-corrected chi connectivity index (χ0v) is 23.6. The van der Waals surface area contributed by atoms with Crippen molar-refractivity contribution in [2.45, 2.75) is 85.4 Å².